The van der Waals surface area contributed by atoms with Gasteiger partial charge in [-0.3, -0.25) is 4.79 Å². The van der Waals surface area contributed by atoms with Crippen molar-refractivity contribution in [2.75, 3.05) is 6.54 Å². The summed E-state index contributed by atoms with van der Waals surface area (Å²) in [4.78, 5) is 12.4. The van der Waals surface area contributed by atoms with Gasteiger partial charge in [0.15, 0.2) is 0 Å². The molecule has 1 heterocycles. The van der Waals surface area contributed by atoms with Crippen molar-refractivity contribution < 1.29 is 4.79 Å². The van der Waals surface area contributed by atoms with Gasteiger partial charge in [-0.25, -0.2) is 0 Å². The Kier molecular flexibility index (Phi) is 5.02. The summed E-state index contributed by atoms with van der Waals surface area (Å²) < 4.78 is 2.03. The highest BCUT2D eigenvalue weighted by atomic mass is 16.1. The number of nitrogens with zero attached hydrogens (tertiary/aromatic N) is 1. The number of rotatable bonds is 5. The molecule has 1 N–H and O–H groups in total. The molecule has 27 heavy (non-hydrogen) atoms. The molecule has 1 aromatic heterocycles. The van der Waals surface area contributed by atoms with Gasteiger partial charge in [-0.15, -0.1) is 0 Å². The van der Waals surface area contributed by atoms with Gasteiger partial charge in [0, 0.05) is 18.3 Å². The molecular formula is C24H28N2O. The number of fused-ring (bicyclic) bond motifs is 1. The highest BCUT2D eigenvalue weighted by molar-refractivity contribution is 5.83. The van der Waals surface area contributed by atoms with E-state index >= 15 is 0 Å². The third-order valence-electron chi connectivity index (χ3n) is 6.26. The van der Waals surface area contributed by atoms with E-state index in [1.165, 1.54) is 36.6 Å². The van der Waals surface area contributed by atoms with Crippen molar-refractivity contribution in [1.82, 2.24) is 9.88 Å². The van der Waals surface area contributed by atoms with Crippen molar-refractivity contribution in [2.24, 2.45) is 5.92 Å². The number of para-hydroxylation sites is 1. The Balaban J connectivity index is 1.28. The van der Waals surface area contributed by atoms with E-state index in [0.29, 0.717) is 12.5 Å². The third-order valence-corrected chi connectivity index (χ3v) is 6.26. The van der Waals surface area contributed by atoms with E-state index in [2.05, 4.69) is 60.8 Å². The largest absolute Gasteiger partial charge is 0.354 e. The van der Waals surface area contributed by atoms with Crippen LogP contribution in [0.25, 0.3) is 10.9 Å². The molecule has 2 aromatic carbocycles. The van der Waals surface area contributed by atoms with Crippen LogP contribution in [0, 0.1) is 5.92 Å². The molecule has 1 fully saturated rings. The van der Waals surface area contributed by atoms with E-state index in [-0.39, 0.29) is 11.3 Å². The maximum atomic E-state index is 12.4. The van der Waals surface area contributed by atoms with Crippen LogP contribution < -0.4 is 5.32 Å². The zero-order valence-electron chi connectivity index (χ0n) is 16.0. The maximum Gasteiger partial charge on any atom is 0.239 e. The first-order valence-corrected chi connectivity index (χ1v) is 10.0. The van der Waals surface area contributed by atoms with E-state index in [1.54, 1.807) is 0 Å². The van der Waals surface area contributed by atoms with Crippen LogP contribution in [0.5, 0.6) is 0 Å². The number of benzene rings is 2. The van der Waals surface area contributed by atoms with Crippen LogP contribution in [0.4, 0.5) is 0 Å². The van der Waals surface area contributed by atoms with Crippen LogP contribution in [-0.2, 0) is 16.8 Å². The monoisotopic (exact) mass is 360 g/mol. The number of amides is 1. The molecular weight excluding hydrogens is 332 g/mol. The number of nitrogens with one attached hydrogen (secondary N) is 1. The summed E-state index contributed by atoms with van der Waals surface area (Å²) in [5.74, 6) is 0.694. The average Bonchev–Trinajstić information content (AvgIpc) is 3.11. The summed E-state index contributed by atoms with van der Waals surface area (Å²) in [6.45, 7) is 3.57. The summed E-state index contributed by atoms with van der Waals surface area (Å²) in [7, 11) is 0. The minimum Gasteiger partial charge on any atom is -0.354 e. The van der Waals surface area contributed by atoms with E-state index < -0.39 is 0 Å². The van der Waals surface area contributed by atoms with Crippen LogP contribution in [-0.4, -0.2) is 17.0 Å². The second-order valence-corrected chi connectivity index (χ2v) is 8.18. The molecule has 0 spiro atoms. The van der Waals surface area contributed by atoms with Gasteiger partial charge in [0.25, 0.3) is 0 Å². The van der Waals surface area contributed by atoms with Gasteiger partial charge < -0.3 is 9.88 Å². The zero-order valence-corrected chi connectivity index (χ0v) is 16.0. The first-order chi connectivity index (χ1) is 13.1. The third kappa shape index (κ3) is 3.92. The molecule has 1 aliphatic carbocycles. The van der Waals surface area contributed by atoms with Gasteiger partial charge in [-0.05, 0) is 60.1 Å². The molecule has 4 rings (SSSR count). The summed E-state index contributed by atoms with van der Waals surface area (Å²) in [6, 6.07) is 21.1. The summed E-state index contributed by atoms with van der Waals surface area (Å²) in [5.41, 5.74) is 2.85. The predicted octanol–water partition coefficient (Wildman–Crippen LogP) is 4.91. The lowest BCUT2D eigenvalue weighted by Crippen LogP contribution is -2.36. The standard InChI is InChI=1S/C24H28N2O/c1-24(21-8-3-2-4-9-21)14-11-19(12-15-24)17-25-23(27)18-26-16-13-20-7-5-6-10-22(20)26/h2-10,13,16,19H,11-12,14-15,17-18H2,1H3,(H,25,27). The minimum absolute atomic E-state index is 0.104. The van der Waals surface area contributed by atoms with Crippen molar-refractivity contribution in [3.63, 3.8) is 0 Å². The Bertz CT molecular complexity index is 904. The summed E-state index contributed by atoms with van der Waals surface area (Å²) >= 11 is 0. The summed E-state index contributed by atoms with van der Waals surface area (Å²) in [6.07, 6.45) is 6.74. The van der Waals surface area contributed by atoms with Gasteiger partial charge in [0.2, 0.25) is 5.91 Å². The molecule has 0 radical (unpaired) electrons. The lowest BCUT2D eigenvalue weighted by atomic mass is 9.68. The average molecular weight is 361 g/mol. The van der Waals surface area contributed by atoms with Gasteiger partial charge in [-0.1, -0.05) is 55.5 Å². The molecule has 0 saturated heterocycles. The smallest absolute Gasteiger partial charge is 0.239 e. The van der Waals surface area contributed by atoms with Crippen LogP contribution in [0.2, 0.25) is 0 Å². The predicted molar refractivity (Wildman–Crippen MR) is 111 cm³/mol. The SMILES string of the molecule is CC1(c2ccccc2)CCC(CNC(=O)Cn2ccc3ccccc32)CC1. The molecule has 3 nitrogen and oxygen atoms in total. The van der Waals surface area contributed by atoms with Crippen molar-refractivity contribution in [3.8, 4) is 0 Å². The molecule has 0 aliphatic heterocycles. The van der Waals surface area contributed by atoms with Crippen molar-refractivity contribution in [2.45, 2.75) is 44.6 Å². The zero-order chi connectivity index (χ0) is 18.7. The highest BCUT2D eigenvalue weighted by Crippen LogP contribution is 2.40. The Labute approximate surface area is 161 Å². The number of aromatic nitrogens is 1. The molecule has 1 saturated carbocycles. The Morgan fingerprint density at radius 1 is 1.04 bits per heavy atom. The van der Waals surface area contributed by atoms with Crippen LogP contribution >= 0.6 is 0 Å². The molecule has 3 aromatic rings. The fraction of sp³-hybridized carbons (Fsp3) is 0.375. The van der Waals surface area contributed by atoms with Gasteiger partial charge in [-0.2, -0.15) is 0 Å². The molecule has 140 valence electrons. The normalized spacial score (nSPS) is 22.6. The second kappa shape index (κ2) is 7.59. The van der Waals surface area contributed by atoms with Gasteiger partial charge >= 0.3 is 0 Å². The van der Waals surface area contributed by atoms with E-state index in [1.807, 2.05) is 22.9 Å². The molecule has 0 atom stereocenters. The number of hydrogen-bond acceptors (Lipinski definition) is 1. The van der Waals surface area contributed by atoms with Crippen molar-refractivity contribution >= 4 is 16.8 Å². The highest BCUT2D eigenvalue weighted by Gasteiger charge is 2.32. The van der Waals surface area contributed by atoms with Crippen LogP contribution in [0.15, 0.2) is 66.9 Å². The first kappa shape index (κ1) is 17.8. The van der Waals surface area contributed by atoms with Crippen molar-refractivity contribution in [1.29, 1.82) is 0 Å². The first-order valence-electron chi connectivity index (χ1n) is 10.0. The Morgan fingerprint density at radius 3 is 2.52 bits per heavy atom. The molecule has 1 amide bonds. The minimum atomic E-state index is 0.104. The van der Waals surface area contributed by atoms with E-state index in [9.17, 15) is 4.79 Å². The maximum absolute atomic E-state index is 12.4. The van der Waals surface area contributed by atoms with Gasteiger partial charge in [0.05, 0.1) is 0 Å². The molecule has 3 heteroatoms. The van der Waals surface area contributed by atoms with E-state index in [0.717, 1.165) is 12.1 Å². The van der Waals surface area contributed by atoms with Crippen LogP contribution in [0.3, 0.4) is 0 Å². The van der Waals surface area contributed by atoms with Crippen molar-refractivity contribution in [3.05, 3.63) is 72.4 Å². The number of carbonyl (C=O) groups is 1. The molecule has 0 bridgehead atoms. The fourth-order valence-electron chi connectivity index (χ4n) is 4.40. The quantitative estimate of drug-likeness (QED) is 0.689. The fourth-order valence-corrected chi connectivity index (χ4v) is 4.40. The summed E-state index contributed by atoms with van der Waals surface area (Å²) in [5, 5.41) is 4.34. The number of carbonyl (C=O) groups excluding carboxylic acids is 1. The molecule has 1 aliphatic rings. The Morgan fingerprint density at radius 2 is 1.74 bits per heavy atom. The Hall–Kier alpha value is -2.55. The lowest BCUT2D eigenvalue weighted by molar-refractivity contribution is -0.121. The second-order valence-electron chi connectivity index (χ2n) is 8.18. The van der Waals surface area contributed by atoms with E-state index in [4.69, 9.17) is 0 Å². The topological polar surface area (TPSA) is 34.0 Å². The van der Waals surface area contributed by atoms with Gasteiger partial charge in [0.1, 0.15) is 6.54 Å². The molecule has 0 unspecified atom stereocenters. The lowest BCUT2D eigenvalue weighted by Gasteiger charge is -2.38. The number of hydrogen-bond donors (Lipinski definition) is 1. The van der Waals surface area contributed by atoms with Crippen LogP contribution in [0.1, 0.15) is 38.2 Å².